The van der Waals surface area contributed by atoms with Crippen molar-refractivity contribution >= 4 is 23.4 Å². The summed E-state index contributed by atoms with van der Waals surface area (Å²) >= 11 is 0. The van der Waals surface area contributed by atoms with E-state index in [4.69, 9.17) is 0 Å². The monoisotopic (exact) mass is 391 g/mol. The normalized spacial score (nSPS) is 23.6. The SMILES string of the molecule is CCC1CN(c2ccnc(Nc3cnn(C)c3)n2)CCN1C(=O)C1CC1(F)F. The van der Waals surface area contributed by atoms with Crippen LogP contribution in [0.2, 0.25) is 0 Å². The van der Waals surface area contributed by atoms with Crippen LogP contribution in [0.25, 0.3) is 0 Å². The molecule has 2 fully saturated rings. The van der Waals surface area contributed by atoms with E-state index < -0.39 is 17.7 Å². The highest BCUT2D eigenvalue weighted by Crippen LogP contribution is 2.50. The molecular weight excluding hydrogens is 368 g/mol. The van der Waals surface area contributed by atoms with Gasteiger partial charge in [0.1, 0.15) is 11.7 Å². The highest BCUT2D eigenvalue weighted by atomic mass is 19.3. The first-order valence-corrected chi connectivity index (χ1v) is 9.39. The number of carbonyl (C=O) groups is 1. The van der Waals surface area contributed by atoms with E-state index in [0.29, 0.717) is 32.0 Å². The number of nitrogens with one attached hydrogen (secondary N) is 1. The van der Waals surface area contributed by atoms with Gasteiger partial charge in [0, 0.05) is 51.5 Å². The first-order chi connectivity index (χ1) is 13.4. The van der Waals surface area contributed by atoms with E-state index in [1.54, 1.807) is 22.0 Å². The molecule has 0 bridgehead atoms. The van der Waals surface area contributed by atoms with Gasteiger partial charge in [-0.2, -0.15) is 10.1 Å². The molecule has 0 radical (unpaired) electrons. The van der Waals surface area contributed by atoms with Gasteiger partial charge in [0.15, 0.2) is 0 Å². The molecule has 10 heteroatoms. The van der Waals surface area contributed by atoms with Crippen LogP contribution in [0.15, 0.2) is 24.7 Å². The zero-order valence-corrected chi connectivity index (χ0v) is 15.8. The molecule has 1 saturated heterocycles. The molecule has 1 aliphatic carbocycles. The summed E-state index contributed by atoms with van der Waals surface area (Å²) in [7, 11) is 1.83. The van der Waals surface area contributed by atoms with Gasteiger partial charge in [-0.25, -0.2) is 13.8 Å². The summed E-state index contributed by atoms with van der Waals surface area (Å²) in [5, 5.41) is 7.21. The zero-order valence-electron chi connectivity index (χ0n) is 15.8. The Morgan fingerprint density at radius 3 is 2.82 bits per heavy atom. The van der Waals surface area contributed by atoms with Crippen LogP contribution >= 0.6 is 0 Å². The van der Waals surface area contributed by atoms with Crippen LogP contribution in [0.5, 0.6) is 0 Å². The third-order valence-corrected chi connectivity index (χ3v) is 5.29. The molecule has 1 amide bonds. The summed E-state index contributed by atoms with van der Waals surface area (Å²) in [6.45, 7) is 3.49. The van der Waals surface area contributed by atoms with Crippen molar-refractivity contribution in [1.29, 1.82) is 0 Å². The van der Waals surface area contributed by atoms with Gasteiger partial charge in [-0.1, -0.05) is 6.92 Å². The van der Waals surface area contributed by atoms with Gasteiger partial charge >= 0.3 is 0 Å². The van der Waals surface area contributed by atoms with E-state index in [0.717, 1.165) is 11.5 Å². The molecule has 2 aliphatic rings. The van der Waals surface area contributed by atoms with Crippen LogP contribution in [0.1, 0.15) is 19.8 Å². The summed E-state index contributed by atoms with van der Waals surface area (Å²) in [6.07, 6.45) is 5.55. The lowest BCUT2D eigenvalue weighted by atomic mass is 10.1. The van der Waals surface area contributed by atoms with Crippen LogP contribution in [-0.2, 0) is 11.8 Å². The molecule has 2 aromatic heterocycles. The third kappa shape index (κ3) is 3.63. The van der Waals surface area contributed by atoms with Crippen molar-refractivity contribution in [1.82, 2.24) is 24.6 Å². The van der Waals surface area contributed by atoms with Gasteiger partial charge in [-0.3, -0.25) is 9.48 Å². The summed E-state index contributed by atoms with van der Waals surface area (Å²) in [5.41, 5.74) is 0.784. The number of rotatable bonds is 5. The Labute approximate surface area is 161 Å². The molecule has 0 aromatic carbocycles. The number of anilines is 3. The molecule has 1 N–H and O–H groups in total. The number of carbonyl (C=O) groups excluding carboxylic acids is 1. The molecular formula is C18H23F2N7O. The fraction of sp³-hybridized carbons (Fsp3) is 0.556. The Balaban J connectivity index is 1.44. The number of aryl methyl sites for hydroxylation is 1. The van der Waals surface area contributed by atoms with Gasteiger partial charge in [-0.15, -0.1) is 0 Å². The number of alkyl halides is 2. The second-order valence-electron chi connectivity index (χ2n) is 7.32. The van der Waals surface area contributed by atoms with Crippen molar-refractivity contribution in [3.8, 4) is 0 Å². The molecule has 2 atom stereocenters. The molecule has 2 unspecified atom stereocenters. The maximum Gasteiger partial charge on any atom is 0.260 e. The van der Waals surface area contributed by atoms with E-state index in [1.807, 2.05) is 26.2 Å². The molecule has 1 saturated carbocycles. The fourth-order valence-corrected chi connectivity index (χ4v) is 3.58. The van der Waals surface area contributed by atoms with Crippen molar-refractivity contribution in [3.05, 3.63) is 24.7 Å². The van der Waals surface area contributed by atoms with E-state index in [1.165, 1.54) is 0 Å². The molecule has 0 spiro atoms. The van der Waals surface area contributed by atoms with Gasteiger partial charge in [0.25, 0.3) is 5.92 Å². The highest BCUT2D eigenvalue weighted by Gasteiger charge is 2.62. The lowest BCUT2D eigenvalue weighted by Crippen LogP contribution is -2.56. The third-order valence-electron chi connectivity index (χ3n) is 5.29. The molecule has 1 aliphatic heterocycles. The van der Waals surface area contributed by atoms with Gasteiger partial charge in [0.05, 0.1) is 11.9 Å². The number of hydrogen-bond acceptors (Lipinski definition) is 6. The van der Waals surface area contributed by atoms with Crippen molar-refractivity contribution in [3.63, 3.8) is 0 Å². The summed E-state index contributed by atoms with van der Waals surface area (Å²) in [4.78, 5) is 24.9. The molecule has 4 rings (SSSR count). The van der Waals surface area contributed by atoms with Crippen LogP contribution in [-0.4, -0.2) is 62.2 Å². The quantitative estimate of drug-likeness (QED) is 0.840. The van der Waals surface area contributed by atoms with Crippen molar-refractivity contribution in [2.24, 2.45) is 13.0 Å². The Kier molecular flexibility index (Phi) is 4.64. The molecule has 150 valence electrons. The standard InChI is InChI=1S/C18H23F2N7O/c1-3-13-11-26(6-7-27(13)16(28)14-8-18(14,19)20)15-4-5-21-17(24-15)23-12-9-22-25(2)10-12/h4-5,9-10,13-14H,3,6-8,11H2,1-2H3,(H,21,23,24). The van der Waals surface area contributed by atoms with Crippen LogP contribution in [0, 0.1) is 5.92 Å². The van der Waals surface area contributed by atoms with Crippen LogP contribution in [0.3, 0.4) is 0 Å². The van der Waals surface area contributed by atoms with E-state index >= 15 is 0 Å². The molecule has 2 aromatic rings. The number of hydrogen-bond donors (Lipinski definition) is 1. The van der Waals surface area contributed by atoms with Crippen LogP contribution in [0.4, 0.5) is 26.2 Å². The minimum absolute atomic E-state index is 0.109. The lowest BCUT2D eigenvalue weighted by Gasteiger charge is -2.41. The fourth-order valence-electron chi connectivity index (χ4n) is 3.58. The Bertz CT molecular complexity index is 871. The van der Waals surface area contributed by atoms with Gasteiger partial charge < -0.3 is 15.1 Å². The van der Waals surface area contributed by atoms with Crippen molar-refractivity contribution < 1.29 is 13.6 Å². The maximum atomic E-state index is 13.3. The van der Waals surface area contributed by atoms with Crippen LogP contribution < -0.4 is 10.2 Å². The summed E-state index contributed by atoms with van der Waals surface area (Å²) in [6, 6.07) is 1.70. The maximum absolute atomic E-state index is 13.3. The zero-order chi connectivity index (χ0) is 19.9. The predicted octanol–water partition coefficient (Wildman–Crippen LogP) is 2.04. The lowest BCUT2D eigenvalue weighted by molar-refractivity contribution is -0.137. The average Bonchev–Trinajstić information content (AvgIpc) is 3.13. The number of nitrogens with zero attached hydrogens (tertiary/aromatic N) is 6. The highest BCUT2D eigenvalue weighted by molar-refractivity contribution is 5.83. The minimum atomic E-state index is -2.83. The van der Waals surface area contributed by atoms with Gasteiger partial charge in [0.2, 0.25) is 11.9 Å². The molecule has 3 heterocycles. The molecule has 28 heavy (non-hydrogen) atoms. The summed E-state index contributed by atoms with van der Waals surface area (Å²) in [5.74, 6) is -3.19. The Morgan fingerprint density at radius 2 is 2.18 bits per heavy atom. The van der Waals surface area contributed by atoms with E-state index in [2.05, 4.69) is 25.3 Å². The average molecular weight is 391 g/mol. The second kappa shape index (κ2) is 6.99. The molecule has 8 nitrogen and oxygen atoms in total. The number of piperazine rings is 1. The predicted molar refractivity (Wildman–Crippen MR) is 99.6 cm³/mol. The van der Waals surface area contributed by atoms with Crippen molar-refractivity contribution in [2.75, 3.05) is 29.9 Å². The minimum Gasteiger partial charge on any atom is -0.353 e. The largest absolute Gasteiger partial charge is 0.353 e. The van der Waals surface area contributed by atoms with Gasteiger partial charge in [-0.05, 0) is 12.5 Å². The Morgan fingerprint density at radius 1 is 1.39 bits per heavy atom. The van der Waals surface area contributed by atoms with E-state index in [9.17, 15) is 13.6 Å². The smallest absolute Gasteiger partial charge is 0.260 e. The first kappa shape index (κ1) is 18.6. The topological polar surface area (TPSA) is 79.2 Å². The first-order valence-electron chi connectivity index (χ1n) is 9.39. The second-order valence-corrected chi connectivity index (χ2v) is 7.32. The number of aromatic nitrogens is 4. The van der Waals surface area contributed by atoms with Crippen molar-refractivity contribution in [2.45, 2.75) is 31.7 Å². The Hall–Kier alpha value is -2.78. The van der Waals surface area contributed by atoms with E-state index in [-0.39, 0.29) is 12.5 Å². The number of amides is 1. The summed E-state index contributed by atoms with van der Waals surface area (Å²) < 4.78 is 28.3. The number of halogens is 2.